The van der Waals surface area contributed by atoms with E-state index in [1.807, 2.05) is 49.4 Å². The summed E-state index contributed by atoms with van der Waals surface area (Å²) < 4.78 is 11.7. The number of aryl methyl sites for hydroxylation is 1. The molecule has 0 fully saturated rings. The number of hydrogen-bond acceptors (Lipinski definition) is 4. The zero-order valence-electron chi connectivity index (χ0n) is 17.9. The molecule has 0 aliphatic heterocycles. The average Bonchev–Trinajstić information content (AvgIpc) is 2.76. The molecule has 1 atom stereocenters. The van der Waals surface area contributed by atoms with Crippen LogP contribution in [0.4, 0.5) is 0 Å². The van der Waals surface area contributed by atoms with Crippen LogP contribution in [0.1, 0.15) is 31.9 Å². The van der Waals surface area contributed by atoms with Gasteiger partial charge in [-0.25, -0.2) is 0 Å². The van der Waals surface area contributed by atoms with Crippen LogP contribution in [0.3, 0.4) is 0 Å². The molecule has 0 heterocycles. The summed E-state index contributed by atoms with van der Waals surface area (Å²) in [4.78, 5) is 26.9. The largest absolute Gasteiger partial charge is 0.497 e. The number of nitrogens with zero attached hydrogens (tertiary/aromatic N) is 1. The molecule has 2 rings (SSSR count). The molecule has 1 unspecified atom stereocenters. The normalized spacial score (nSPS) is 11.5. The van der Waals surface area contributed by atoms with Crippen molar-refractivity contribution in [2.45, 2.75) is 39.8 Å². The molecule has 0 saturated carbocycles. The Morgan fingerprint density at radius 3 is 2.33 bits per heavy atom. The monoisotopic (exact) mass is 476 g/mol. The van der Waals surface area contributed by atoms with Crippen LogP contribution < -0.4 is 14.8 Å². The van der Waals surface area contributed by atoms with E-state index >= 15 is 0 Å². The minimum Gasteiger partial charge on any atom is -0.497 e. The molecule has 6 nitrogen and oxygen atoms in total. The predicted octanol–water partition coefficient (Wildman–Crippen LogP) is 3.95. The first-order chi connectivity index (χ1) is 14.4. The second-order valence-corrected chi connectivity index (χ2v) is 7.70. The number of likely N-dealkylation sites (N-methyl/N-ethyl adjacent to an activating group) is 1. The zero-order chi connectivity index (χ0) is 22.1. The third kappa shape index (κ3) is 6.49. The molecule has 162 valence electrons. The van der Waals surface area contributed by atoms with Crippen LogP contribution in [-0.4, -0.2) is 43.0 Å². The van der Waals surface area contributed by atoms with Crippen molar-refractivity contribution in [3.05, 3.63) is 58.1 Å². The zero-order valence-corrected chi connectivity index (χ0v) is 19.5. The van der Waals surface area contributed by atoms with Crippen LogP contribution in [0.15, 0.2) is 46.9 Å². The van der Waals surface area contributed by atoms with Crippen molar-refractivity contribution in [3.63, 3.8) is 0 Å². The predicted molar refractivity (Wildman–Crippen MR) is 121 cm³/mol. The van der Waals surface area contributed by atoms with E-state index in [0.717, 1.165) is 22.2 Å². The summed E-state index contributed by atoms with van der Waals surface area (Å²) in [5.41, 5.74) is 2.07. The Balaban J connectivity index is 2.15. The van der Waals surface area contributed by atoms with Crippen molar-refractivity contribution in [3.8, 4) is 11.5 Å². The maximum absolute atomic E-state index is 13.0. The SMILES string of the molecule is CCNC(=O)C(C)N(Cc1ccc(OC)cc1)C(=O)COc1ccc(CC)cc1Br. The molecule has 0 aromatic heterocycles. The minimum absolute atomic E-state index is 0.163. The number of hydrogen-bond donors (Lipinski definition) is 1. The highest BCUT2D eigenvalue weighted by molar-refractivity contribution is 9.10. The van der Waals surface area contributed by atoms with Gasteiger partial charge in [0.1, 0.15) is 17.5 Å². The highest BCUT2D eigenvalue weighted by atomic mass is 79.9. The van der Waals surface area contributed by atoms with Crippen molar-refractivity contribution in [2.75, 3.05) is 20.3 Å². The molecule has 0 saturated heterocycles. The highest BCUT2D eigenvalue weighted by Gasteiger charge is 2.26. The first-order valence-electron chi connectivity index (χ1n) is 10.0. The number of amides is 2. The maximum atomic E-state index is 13.0. The van der Waals surface area contributed by atoms with Crippen molar-refractivity contribution >= 4 is 27.7 Å². The van der Waals surface area contributed by atoms with Gasteiger partial charge in [-0.05, 0) is 71.6 Å². The fraction of sp³-hybridized carbons (Fsp3) is 0.391. The van der Waals surface area contributed by atoms with Gasteiger partial charge < -0.3 is 19.7 Å². The Kier molecular flexibility index (Phi) is 9.17. The fourth-order valence-electron chi connectivity index (χ4n) is 2.94. The van der Waals surface area contributed by atoms with E-state index in [2.05, 4.69) is 28.2 Å². The summed E-state index contributed by atoms with van der Waals surface area (Å²) in [6.45, 7) is 6.27. The van der Waals surface area contributed by atoms with Gasteiger partial charge in [-0.2, -0.15) is 0 Å². The molecule has 2 aromatic carbocycles. The number of methoxy groups -OCH3 is 1. The number of halogens is 1. The Morgan fingerprint density at radius 1 is 1.10 bits per heavy atom. The van der Waals surface area contributed by atoms with E-state index in [1.165, 1.54) is 10.5 Å². The summed E-state index contributed by atoms with van der Waals surface area (Å²) in [5, 5.41) is 2.78. The first-order valence-corrected chi connectivity index (χ1v) is 10.8. The van der Waals surface area contributed by atoms with Crippen LogP contribution >= 0.6 is 15.9 Å². The van der Waals surface area contributed by atoms with E-state index in [4.69, 9.17) is 9.47 Å². The van der Waals surface area contributed by atoms with Gasteiger partial charge in [0.2, 0.25) is 5.91 Å². The summed E-state index contributed by atoms with van der Waals surface area (Å²) in [7, 11) is 1.60. The van der Waals surface area contributed by atoms with E-state index in [9.17, 15) is 9.59 Å². The molecule has 2 aromatic rings. The van der Waals surface area contributed by atoms with Gasteiger partial charge in [0.25, 0.3) is 5.91 Å². The third-order valence-electron chi connectivity index (χ3n) is 4.79. The van der Waals surface area contributed by atoms with E-state index < -0.39 is 6.04 Å². The van der Waals surface area contributed by atoms with E-state index in [1.54, 1.807) is 14.0 Å². The standard InChI is InChI=1S/C23H29BrN2O4/c1-5-17-9-12-21(20(24)13-17)30-15-22(27)26(16(3)23(28)25-6-2)14-18-7-10-19(29-4)11-8-18/h7-13,16H,5-6,14-15H2,1-4H3,(H,25,28). The smallest absolute Gasteiger partial charge is 0.261 e. The fourth-order valence-corrected chi connectivity index (χ4v) is 3.48. The van der Waals surface area contributed by atoms with Crippen LogP contribution in [0.25, 0.3) is 0 Å². The number of rotatable bonds is 10. The number of nitrogens with one attached hydrogen (secondary N) is 1. The number of benzene rings is 2. The lowest BCUT2D eigenvalue weighted by Crippen LogP contribution is -2.49. The van der Waals surface area contributed by atoms with Crippen LogP contribution in [0.2, 0.25) is 0 Å². The lowest BCUT2D eigenvalue weighted by atomic mass is 10.1. The lowest BCUT2D eigenvalue weighted by molar-refractivity contribution is -0.142. The average molecular weight is 477 g/mol. The number of carbonyl (C=O) groups excluding carboxylic acids is 2. The van der Waals surface area contributed by atoms with Gasteiger partial charge >= 0.3 is 0 Å². The number of ether oxygens (including phenoxy) is 2. The molecule has 0 aliphatic rings. The van der Waals surface area contributed by atoms with Gasteiger partial charge in [-0.3, -0.25) is 9.59 Å². The van der Waals surface area contributed by atoms with Crippen molar-refractivity contribution < 1.29 is 19.1 Å². The minimum atomic E-state index is -0.631. The van der Waals surface area contributed by atoms with Gasteiger partial charge in [0, 0.05) is 13.1 Å². The van der Waals surface area contributed by atoms with Gasteiger partial charge in [0.15, 0.2) is 6.61 Å². The molecule has 30 heavy (non-hydrogen) atoms. The summed E-state index contributed by atoms with van der Waals surface area (Å²) in [5.74, 6) is 0.858. The Hall–Kier alpha value is -2.54. The van der Waals surface area contributed by atoms with Crippen molar-refractivity contribution in [1.82, 2.24) is 10.2 Å². The van der Waals surface area contributed by atoms with Gasteiger partial charge in [-0.15, -0.1) is 0 Å². The Labute approximate surface area is 186 Å². The van der Waals surface area contributed by atoms with E-state index in [-0.39, 0.29) is 18.4 Å². The molecular formula is C23H29BrN2O4. The molecule has 2 amide bonds. The molecular weight excluding hydrogens is 448 g/mol. The summed E-state index contributed by atoms with van der Waals surface area (Å²) in [6.07, 6.45) is 0.914. The topological polar surface area (TPSA) is 67.9 Å². The highest BCUT2D eigenvalue weighted by Crippen LogP contribution is 2.26. The van der Waals surface area contributed by atoms with Gasteiger partial charge in [0.05, 0.1) is 11.6 Å². The molecule has 7 heteroatoms. The maximum Gasteiger partial charge on any atom is 0.261 e. The first kappa shape index (κ1) is 23.7. The van der Waals surface area contributed by atoms with Crippen LogP contribution in [-0.2, 0) is 22.6 Å². The summed E-state index contributed by atoms with van der Waals surface area (Å²) in [6, 6.07) is 12.6. The Bertz CT molecular complexity index is 855. The van der Waals surface area contributed by atoms with Gasteiger partial charge in [-0.1, -0.05) is 25.1 Å². The second kappa shape index (κ2) is 11.6. The molecule has 0 aliphatic carbocycles. The third-order valence-corrected chi connectivity index (χ3v) is 5.41. The summed E-state index contributed by atoms with van der Waals surface area (Å²) >= 11 is 3.49. The second-order valence-electron chi connectivity index (χ2n) is 6.85. The van der Waals surface area contributed by atoms with Crippen LogP contribution in [0.5, 0.6) is 11.5 Å². The lowest BCUT2D eigenvalue weighted by Gasteiger charge is -2.28. The molecule has 0 bridgehead atoms. The molecule has 0 spiro atoms. The Morgan fingerprint density at radius 2 is 1.77 bits per heavy atom. The quantitative estimate of drug-likeness (QED) is 0.563. The van der Waals surface area contributed by atoms with Crippen LogP contribution in [0, 0.1) is 0 Å². The van der Waals surface area contributed by atoms with Crippen molar-refractivity contribution in [1.29, 1.82) is 0 Å². The van der Waals surface area contributed by atoms with E-state index in [0.29, 0.717) is 18.8 Å². The molecule has 0 radical (unpaired) electrons. The van der Waals surface area contributed by atoms with Crippen molar-refractivity contribution in [2.24, 2.45) is 0 Å². The molecule has 1 N–H and O–H groups in total. The number of carbonyl (C=O) groups is 2.